The van der Waals surface area contributed by atoms with E-state index in [2.05, 4.69) is 9.99 Å². The summed E-state index contributed by atoms with van der Waals surface area (Å²) in [7, 11) is 1.30. The Morgan fingerprint density at radius 3 is 2.50 bits per heavy atom. The van der Waals surface area contributed by atoms with Gasteiger partial charge in [-0.25, -0.2) is 0 Å². The number of halogens is 3. The molecule has 16 heavy (non-hydrogen) atoms. The van der Waals surface area contributed by atoms with E-state index in [9.17, 15) is 13.2 Å². The number of rotatable bonds is 2. The van der Waals surface area contributed by atoms with Gasteiger partial charge in [0, 0.05) is 0 Å². The fraction of sp³-hybridized carbons (Fsp3) is 0.300. The Kier molecular flexibility index (Phi) is 3.41. The second kappa shape index (κ2) is 4.42. The Morgan fingerprint density at radius 2 is 2.00 bits per heavy atom. The normalized spacial score (nSPS) is 12.7. The van der Waals surface area contributed by atoms with Crippen LogP contribution in [0.25, 0.3) is 0 Å². The average Bonchev–Trinajstić information content (AvgIpc) is 2.16. The van der Waals surface area contributed by atoms with E-state index in [4.69, 9.17) is 5.11 Å². The Labute approximate surface area is 90.1 Å². The predicted molar refractivity (Wildman–Crippen MR) is 52.3 cm³/mol. The van der Waals surface area contributed by atoms with Crippen LogP contribution in [0.1, 0.15) is 18.1 Å². The maximum Gasteiger partial charge on any atom is 0.419 e. The van der Waals surface area contributed by atoms with E-state index in [1.165, 1.54) is 20.1 Å². The van der Waals surface area contributed by atoms with Crippen LogP contribution in [0.2, 0.25) is 0 Å². The Bertz CT molecular complexity index is 413. The molecule has 0 heterocycles. The molecule has 1 N–H and O–H groups in total. The summed E-state index contributed by atoms with van der Waals surface area (Å²) in [6.07, 6.45) is -4.59. The average molecular weight is 233 g/mol. The summed E-state index contributed by atoms with van der Waals surface area (Å²) in [4.78, 5) is 4.46. The number of phenolic OH excluding ortho intramolecular Hbond substituents is 1. The highest BCUT2D eigenvalue weighted by molar-refractivity contribution is 5.98. The van der Waals surface area contributed by atoms with Gasteiger partial charge in [-0.2, -0.15) is 13.2 Å². The number of alkyl halides is 3. The third-order valence-electron chi connectivity index (χ3n) is 1.95. The standard InChI is InChI=1S/C10H10F3NO2/c1-6(14-16-2)7-3-4-9(15)8(5-7)10(11,12)13/h3-5,15H,1-2H3/b14-6+. The molecule has 0 aromatic heterocycles. The van der Waals surface area contributed by atoms with Crippen LogP contribution in [0.4, 0.5) is 13.2 Å². The zero-order valence-electron chi connectivity index (χ0n) is 8.67. The van der Waals surface area contributed by atoms with E-state index < -0.39 is 17.5 Å². The largest absolute Gasteiger partial charge is 0.507 e. The van der Waals surface area contributed by atoms with Crippen LogP contribution in [0, 0.1) is 0 Å². The van der Waals surface area contributed by atoms with Crippen molar-refractivity contribution in [1.29, 1.82) is 0 Å². The van der Waals surface area contributed by atoms with Crippen molar-refractivity contribution >= 4 is 5.71 Å². The molecule has 1 aromatic carbocycles. The zero-order chi connectivity index (χ0) is 12.3. The first kappa shape index (κ1) is 12.4. The van der Waals surface area contributed by atoms with Gasteiger partial charge in [0.05, 0.1) is 11.3 Å². The smallest absolute Gasteiger partial charge is 0.419 e. The topological polar surface area (TPSA) is 41.8 Å². The van der Waals surface area contributed by atoms with Crippen LogP contribution in [0.5, 0.6) is 5.75 Å². The molecule has 0 aliphatic carbocycles. The van der Waals surface area contributed by atoms with Gasteiger partial charge in [0.1, 0.15) is 12.9 Å². The van der Waals surface area contributed by atoms with Gasteiger partial charge in [-0.15, -0.1) is 0 Å². The Hall–Kier alpha value is -1.72. The van der Waals surface area contributed by atoms with Crippen LogP contribution in [-0.4, -0.2) is 17.9 Å². The summed E-state index contributed by atoms with van der Waals surface area (Å²) in [5, 5.41) is 12.6. The van der Waals surface area contributed by atoms with Gasteiger partial charge >= 0.3 is 6.18 Å². The molecule has 0 bridgehead atoms. The molecule has 0 saturated carbocycles. The van der Waals surface area contributed by atoms with Crippen LogP contribution >= 0.6 is 0 Å². The number of nitrogens with zero attached hydrogens (tertiary/aromatic N) is 1. The lowest BCUT2D eigenvalue weighted by atomic mass is 10.1. The minimum Gasteiger partial charge on any atom is -0.507 e. The van der Waals surface area contributed by atoms with E-state index in [1.807, 2.05) is 0 Å². The minimum atomic E-state index is -4.59. The quantitative estimate of drug-likeness (QED) is 0.630. The summed E-state index contributed by atoms with van der Waals surface area (Å²) in [6.45, 7) is 1.51. The van der Waals surface area contributed by atoms with Crippen molar-refractivity contribution in [3.05, 3.63) is 29.3 Å². The molecule has 6 heteroatoms. The van der Waals surface area contributed by atoms with E-state index in [0.29, 0.717) is 5.71 Å². The molecule has 0 amide bonds. The molecule has 0 fully saturated rings. The first-order valence-electron chi connectivity index (χ1n) is 4.34. The van der Waals surface area contributed by atoms with E-state index in [1.54, 1.807) is 0 Å². The second-order valence-electron chi connectivity index (χ2n) is 3.09. The van der Waals surface area contributed by atoms with Gasteiger partial charge in [-0.3, -0.25) is 0 Å². The number of oxime groups is 1. The lowest BCUT2D eigenvalue weighted by molar-refractivity contribution is -0.138. The summed E-state index contributed by atoms with van der Waals surface area (Å²) in [5.41, 5.74) is -0.546. The second-order valence-corrected chi connectivity index (χ2v) is 3.09. The number of benzene rings is 1. The van der Waals surface area contributed by atoms with E-state index in [-0.39, 0.29) is 5.56 Å². The fourth-order valence-electron chi connectivity index (χ4n) is 1.18. The molecule has 1 rings (SSSR count). The summed E-state index contributed by atoms with van der Waals surface area (Å²) < 4.78 is 37.3. The molecule has 0 unspecified atom stereocenters. The zero-order valence-corrected chi connectivity index (χ0v) is 8.67. The molecule has 3 nitrogen and oxygen atoms in total. The number of hydrogen-bond donors (Lipinski definition) is 1. The van der Waals surface area contributed by atoms with Crippen molar-refractivity contribution < 1.29 is 23.1 Å². The van der Waals surface area contributed by atoms with E-state index in [0.717, 1.165) is 12.1 Å². The molecule has 0 spiro atoms. The summed E-state index contributed by atoms with van der Waals surface area (Å²) in [5.74, 6) is -0.804. The molecule has 0 atom stereocenters. The van der Waals surface area contributed by atoms with Crippen LogP contribution in [0.15, 0.2) is 23.4 Å². The van der Waals surface area contributed by atoms with Gasteiger partial charge in [0.25, 0.3) is 0 Å². The van der Waals surface area contributed by atoms with Gasteiger partial charge in [-0.05, 0) is 30.7 Å². The van der Waals surface area contributed by atoms with E-state index >= 15 is 0 Å². The van der Waals surface area contributed by atoms with Gasteiger partial charge in [-0.1, -0.05) is 5.16 Å². The summed E-state index contributed by atoms with van der Waals surface area (Å²) in [6, 6.07) is 3.14. The molecule has 1 aromatic rings. The summed E-state index contributed by atoms with van der Waals surface area (Å²) >= 11 is 0. The van der Waals surface area contributed by atoms with Gasteiger partial charge in [0.15, 0.2) is 0 Å². The fourth-order valence-corrected chi connectivity index (χ4v) is 1.18. The third kappa shape index (κ3) is 2.65. The minimum absolute atomic E-state index is 0.243. The highest BCUT2D eigenvalue weighted by Crippen LogP contribution is 2.36. The lowest BCUT2D eigenvalue weighted by Crippen LogP contribution is -2.07. The van der Waals surface area contributed by atoms with Crippen LogP contribution in [-0.2, 0) is 11.0 Å². The van der Waals surface area contributed by atoms with Crippen LogP contribution in [0.3, 0.4) is 0 Å². The lowest BCUT2D eigenvalue weighted by Gasteiger charge is -2.10. The maximum atomic E-state index is 12.4. The van der Waals surface area contributed by atoms with Gasteiger partial charge in [0.2, 0.25) is 0 Å². The number of hydrogen-bond acceptors (Lipinski definition) is 3. The van der Waals surface area contributed by atoms with Crippen molar-refractivity contribution in [2.75, 3.05) is 7.11 Å². The Balaban J connectivity index is 3.23. The van der Waals surface area contributed by atoms with Crippen molar-refractivity contribution in [2.45, 2.75) is 13.1 Å². The first-order chi connectivity index (χ1) is 7.36. The van der Waals surface area contributed by atoms with Crippen molar-refractivity contribution in [3.63, 3.8) is 0 Å². The number of phenols is 1. The maximum absolute atomic E-state index is 12.4. The van der Waals surface area contributed by atoms with Crippen molar-refractivity contribution in [2.24, 2.45) is 5.16 Å². The van der Waals surface area contributed by atoms with Crippen molar-refractivity contribution in [3.8, 4) is 5.75 Å². The molecular formula is C10H10F3NO2. The monoisotopic (exact) mass is 233 g/mol. The van der Waals surface area contributed by atoms with Crippen LogP contribution < -0.4 is 0 Å². The highest BCUT2D eigenvalue weighted by atomic mass is 19.4. The molecule has 88 valence electrons. The molecule has 0 radical (unpaired) electrons. The number of aromatic hydroxyl groups is 1. The van der Waals surface area contributed by atoms with Crippen molar-refractivity contribution in [1.82, 2.24) is 0 Å². The first-order valence-corrected chi connectivity index (χ1v) is 4.34. The molecule has 0 saturated heterocycles. The Morgan fingerprint density at radius 1 is 1.38 bits per heavy atom. The van der Waals surface area contributed by atoms with Gasteiger partial charge < -0.3 is 9.94 Å². The SMILES string of the molecule is CO/N=C(\C)c1ccc(O)c(C(F)(F)F)c1. The molecular weight excluding hydrogens is 223 g/mol. The highest BCUT2D eigenvalue weighted by Gasteiger charge is 2.34. The molecule has 0 aliphatic rings. The predicted octanol–water partition coefficient (Wildman–Crippen LogP) is 2.78. The molecule has 0 aliphatic heterocycles. The third-order valence-corrected chi connectivity index (χ3v) is 1.95.